The van der Waals surface area contributed by atoms with E-state index in [0.717, 1.165) is 42.6 Å². The molecule has 36 heavy (non-hydrogen) atoms. The van der Waals surface area contributed by atoms with E-state index in [2.05, 4.69) is 26.6 Å². The van der Waals surface area contributed by atoms with Crippen LogP contribution in [0.1, 0.15) is 32.6 Å². The van der Waals surface area contributed by atoms with Crippen molar-refractivity contribution in [1.82, 2.24) is 29.7 Å². The molecule has 0 spiro atoms. The summed E-state index contributed by atoms with van der Waals surface area (Å²) in [6.07, 6.45) is 4.86. The molecule has 0 atom stereocenters. The van der Waals surface area contributed by atoms with Crippen LogP contribution in [0.25, 0.3) is 34.1 Å². The summed E-state index contributed by atoms with van der Waals surface area (Å²) in [7, 11) is 0. The second kappa shape index (κ2) is 9.67. The van der Waals surface area contributed by atoms with Gasteiger partial charge in [-0.3, -0.25) is 0 Å². The molecule has 10 nitrogen and oxygen atoms in total. The second-order valence-electron chi connectivity index (χ2n) is 9.74. The summed E-state index contributed by atoms with van der Waals surface area (Å²) in [5.74, 6) is 1.74. The number of anilines is 1. The molecule has 2 fully saturated rings. The molecule has 1 N–H and O–H groups in total. The largest absolute Gasteiger partial charge is 0.434 e. The first-order chi connectivity index (χ1) is 17.5. The average Bonchev–Trinajstić information content (AvgIpc) is 3.49. The van der Waals surface area contributed by atoms with Crippen molar-refractivity contribution < 1.29 is 9.15 Å². The molecule has 0 radical (unpaired) electrons. The molecule has 1 aliphatic carbocycles. The Morgan fingerprint density at radius 3 is 2.64 bits per heavy atom. The van der Waals surface area contributed by atoms with E-state index >= 15 is 0 Å². The fraction of sp³-hybridized carbons (Fsp3) is 0.480. The number of imidazole rings is 1. The summed E-state index contributed by atoms with van der Waals surface area (Å²) in [5, 5.41) is 6.84. The van der Waals surface area contributed by atoms with Gasteiger partial charge >= 0.3 is 5.76 Å². The normalized spacial score (nSPS) is 20.8. The molecular formula is C25H28ClN7O3. The fourth-order valence-electron chi connectivity index (χ4n) is 5.23. The van der Waals surface area contributed by atoms with Crippen LogP contribution < -0.4 is 10.7 Å². The van der Waals surface area contributed by atoms with Crippen molar-refractivity contribution in [2.45, 2.75) is 39.2 Å². The lowest BCUT2D eigenvalue weighted by atomic mass is 9.83. The third-order valence-electron chi connectivity index (χ3n) is 7.18. The van der Waals surface area contributed by atoms with Crippen molar-refractivity contribution >= 4 is 28.7 Å². The summed E-state index contributed by atoms with van der Waals surface area (Å²) in [6.45, 7) is 5.99. The van der Waals surface area contributed by atoms with Gasteiger partial charge in [-0.15, -0.1) is 5.10 Å². The number of H-pyrrole nitrogens is 1. The highest BCUT2D eigenvalue weighted by Crippen LogP contribution is 2.36. The zero-order chi connectivity index (χ0) is 24.6. The van der Waals surface area contributed by atoms with Gasteiger partial charge in [0.2, 0.25) is 11.8 Å². The first kappa shape index (κ1) is 23.2. The molecule has 1 aliphatic heterocycles. The summed E-state index contributed by atoms with van der Waals surface area (Å²) in [5.41, 5.74) is 2.89. The maximum absolute atomic E-state index is 11.6. The van der Waals surface area contributed by atoms with Crippen molar-refractivity contribution in [3.63, 3.8) is 0 Å². The second-order valence-corrected chi connectivity index (χ2v) is 10.2. The highest BCUT2D eigenvalue weighted by Gasteiger charge is 2.28. The number of halogens is 1. The summed E-state index contributed by atoms with van der Waals surface area (Å²) < 4.78 is 13.1. The molecule has 2 aliphatic rings. The Morgan fingerprint density at radius 1 is 1.11 bits per heavy atom. The monoisotopic (exact) mass is 509 g/mol. The van der Waals surface area contributed by atoms with Gasteiger partial charge in [-0.2, -0.15) is 4.98 Å². The van der Waals surface area contributed by atoms with Crippen molar-refractivity contribution in [3.05, 3.63) is 39.8 Å². The minimum atomic E-state index is -0.663. The molecule has 0 bridgehead atoms. The van der Waals surface area contributed by atoms with Crippen LogP contribution in [0.4, 0.5) is 5.95 Å². The molecule has 1 saturated heterocycles. The molecule has 3 aromatic heterocycles. The quantitative estimate of drug-likeness (QED) is 0.426. The van der Waals surface area contributed by atoms with Crippen LogP contribution >= 0.6 is 11.6 Å². The number of aromatic nitrogens is 6. The number of ether oxygens (including phenoxy) is 1. The molecule has 1 saturated carbocycles. The van der Waals surface area contributed by atoms with Gasteiger partial charge in [0.1, 0.15) is 11.2 Å². The van der Waals surface area contributed by atoms with Crippen LogP contribution in [-0.2, 0) is 11.3 Å². The lowest BCUT2D eigenvalue weighted by molar-refractivity contribution is 0.121. The van der Waals surface area contributed by atoms with Crippen LogP contribution in [-0.4, -0.2) is 56.0 Å². The van der Waals surface area contributed by atoms with Crippen molar-refractivity contribution in [3.8, 4) is 23.0 Å². The third-order valence-corrected chi connectivity index (χ3v) is 7.42. The van der Waals surface area contributed by atoms with Crippen LogP contribution in [0.2, 0.25) is 5.02 Å². The molecule has 0 unspecified atom stereocenters. The van der Waals surface area contributed by atoms with Gasteiger partial charge < -0.3 is 18.6 Å². The minimum Gasteiger partial charge on any atom is -0.384 e. The average molecular weight is 510 g/mol. The number of rotatable bonds is 5. The van der Waals surface area contributed by atoms with Gasteiger partial charge in [0, 0.05) is 30.2 Å². The first-order valence-electron chi connectivity index (χ1n) is 12.5. The molecular weight excluding hydrogens is 482 g/mol. The number of nitrogens with zero attached hydrogens (tertiary/aromatic N) is 6. The van der Waals surface area contributed by atoms with E-state index in [1.54, 1.807) is 0 Å². The molecule has 4 aromatic rings. The Morgan fingerprint density at radius 2 is 1.92 bits per heavy atom. The lowest BCUT2D eigenvalue weighted by Gasteiger charge is -2.31. The highest BCUT2D eigenvalue weighted by atomic mass is 35.5. The fourth-order valence-corrected chi connectivity index (χ4v) is 5.42. The van der Waals surface area contributed by atoms with Gasteiger partial charge in [-0.25, -0.2) is 19.9 Å². The van der Waals surface area contributed by atoms with Crippen LogP contribution in [0.5, 0.6) is 0 Å². The summed E-state index contributed by atoms with van der Waals surface area (Å²) in [6, 6.07) is 7.57. The Balaban J connectivity index is 1.56. The summed E-state index contributed by atoms with van der Waals surface area (Å²) >= 11 is 6.38. The molecule has 188 valence electrons. The Kier molecular flexibility index (Phi) is 6.22. The topological polar surface area (TPSA) is 115 Å². The van der Waals surface area contributed by atoms with Crippen molar-refractivity contribution in [1.29, 1.82) is 0 Å². The number of morpholine rings is 1. The smallest absolute Gasteiger partial charge is 0.384 e. The Hall–Kier alpha value is -3.24. The third kappa shape index (κ3) is 4.51. The molecule has 1 aromatic carbocycles. The predicted molar refractivity (Wildman–Crippen MR) is 136 cm³/mol. The molecule has 11 heteroatoms. The maximum atomic E-state index is 11.6. The van der Waals surface area contributed by atoms with E-state index < -0.39 is 5.76 Å². The van der Waals surface area contributed by atoms with E-state index in [1.807, 2.05) is 24.3 Å². The number of hydrogen-bond acceptors (Lipinski definition) is 8. The maximum Gasteiger partial charge on any atom is 0.434 e. The standard InChI is InChI=1S/C25H28ClN7O3/c1-15-5-7-16(8-6-15)14-33-20-19(17-3-2-4-18(26)13-17)27-22(23-30-31-25(34)36-23)28-21(20)29-24(33)32-9-11-35-12-10-32/h2-4,13,15-16H,5-12,14H2,1H3,(H,31,34)/t15-,16-. The van der Waals surface area contributed by atoms with E-state index in [0.29, 0.717) is 35.5 Å². The van der Waals surface area contributed by atoms with E-state index in [4.69, 9.17) is 35.7 Å². The zero-order valence-corrected chi connectivity index (χ0v) is 20.9. The predicted octanol–water partition coefficient (Wildman–Crippen LogP) is 4.15. The van der Waals surface area contributed by atoms with Gasteiger partial charge in [0.05, 0.1) is 13.2 Å². The van der Waals surface area contributed by atoms with Crippen molar-refractivity contribution in [2.75, 3.05) is 31.2 Å². The SMILES string of the molecule is C[C@H]1CC[C@H](Cn2c(N3CCOCC3)nc3nc(-c4n[nH]c(=O)o4)nc(-c4cccc(Cl)c4)c32)CC1. The van der Waals surface area contributed by atoms with E-state index in [9.17, 15) is 4.79 Å². The molecule has 4 heterocycles. The van der Waals surface area contributed by atoms with Crippen LogP contribution in [0, 0.1) is 11.8 Å². The van der Waals surface area contributed by atoms with Gasteiger partial charge in [-0.05, 0) is 36.8 Å². The van der Waals surface area contributed by atoms with Gasteiger partial charge in [-0.1, -0.05) is 43.5 Å². The first-order valence-corrected chi connectivity index (χ1v) is 12.9. The number of fused-ring (bicyclic) bond motifs is 1. The molecule has 6 rings (SSSR count). The van der Waals surface area contributed by atoms with Crippen molar-refractivity contribution in [2.24, 2.45) is 11.8 Å². The number of aromatic amines is 1. The highest BCUT2D eigenvalue weighted by molar-refractivity contribution is 6.30. The van der Waals surface area contributed by atoms with Gasteiger partial charge in [0.25, 0.3) is 5.89 Å². The van der Waals surface area contributed by atoms with Gasteiger partial charge in [0.15, 0.2) is 5.65 Å². The van der Waals surface area contributed by atoms with E-state index in [1.165, 1.54) is 25.7 Å². The number of nitrogens with one attached hydrogen (secondary N) is 1. The Labute approximate surface area is 212 Å². The summed E-state index contributed by atoms with van der Waals surface area (Å²) in [4.78, 5) is 28.4. The minimum absolute atomic E-state index is 0.0221. The zero-order valence-electron chi connectivity index (χ0n) is 20.1. The molecule has 0 amide bonds. The van der Waals surface area contributed by atoms with E-state index in [-0.39, 0.29) is 11.7 Å². The van der Waals surface area contributed by atoms with Crippen LogP contribution in [0.15, 0.2) is 33.5 Å². The Bertz CT molecular complexity index is 1430. The van der Waals surface area contributed by atoms with Crippen LogP contribution in [0.3, 0.4) is 0 Å². The number of benzene rings is 1. The number of hydrogen-bond donors (Lipinski definition) is 1. The lowest BCUT2D eigenvalue weighted by Crippen LogP contribution is -2.38.